The minimum Gasteiger partial charge on any atom is -0.467 e. The van der Waals surface area contributed by atoms with Gasteiger partial charge >= 0.3 is 0 Å². The molecule has 0 saturated carbocycles. The first-order valence-electron chi connectivity index (χ1n) is 7.53. The zero-order chi connectivity index (χ0) is 16.8. The second-order valence-corrected chi connectivity index (χ2v) is 6.26. The molecule has 0 bridgehead atoms. The van der Waals surface area contributed by atoms with Crippen LogP contribution in [0.3, 0.4) is 0 Å². The van der Waals surface area contributed by atoms with Gasteiger partial charge in [-0.1, -0.05) is 0 Å². The highest BCUT2D eigenvalue weighted by Crippen LogP contribution is 2.16. The molecular formula is C16H23BrN4O2. The molecule has 6 nitrogen and oxygen atoms in total. The van der Waals surface area contributed by atoms with Crippen LogP contribution in [0.2, 0.25) is 0 Å². The van der Waals surface area contributed by atoms with E-state index in [2.05, 4.69) is 36.9 Å². The first-order valence-corrected chi connectivity index (χ1v) is 8.32. The van der Waals surface area contributed by atoms with E-state index < -0.39 is 6.10 Å². The molecule has 0 aliphatic carbocycles. The van der Waals surface area contributed by atoms with Gasteiger partial charge in [-0.3, -0.25) is 0 Å². The summed E-state index contributed by atoms with van der Waals surface area (Å²) < 4.78 is 8.33. The average molecular weight is 383 g/mol. The summed E-state index contributed by atoms with van der Waals surface area (Å²) in [5.74, 6) is 1.27. The molecular weight excluding hydrogens is 360 g/mol. The van der Waals surface area contributed by atoms with Crippen LogP contribution in [0.4, 0.5) is 0 Å². The molecule has 1 unspecified atom stereocenters. The van der Waals surface area contributed by atoms with E-state index in [4.69, 9.17) is 4.42 Å². The maximum atomic E-state index is 10.1. The smallest absolute Gasteiger partial charge is 0.194 e. The third kappa shape index (κ3) is 4.87. The Morgan fingerprint density at radius 2 is 2.35 bits per heavy atom. The molecule has 7 heteroatoms. The van der Waals surface area contributed by atoms with Crippen molar-refractivity contribution < 1.29 is 9.52 Å². The van der Waals surface area contributed by atoms with Gasteiger partial charge in [0.1, 0.15) is 11.9 Å². The number of nitrogens with one attached hydrogen (secondary N) is 1. The summed E-state index contributed by atoms with van der Waals surface area (Å²) in [6.45, 7) is 3.74. The van der Waals surface area contributed by atoms with Gasteiger partial charge in [0.05, 0.1) is 19.4 Å². The molecule has 0 fully saturated rings. The van der Waals surface area contributed by atoms with Crippen LogP contribution >= 0.6 is 15.9 Å². The predicted octanol–water partition coefficient (Wildman–Crippen LogP) is 2.51. The van der Waals surface area contributed by atoms with Crippen molar-refractivity contribution in [1.29, 1.82) is 0 Å². The van der Waals surface area contributed by atoms with Crippen molar-refractivity contribution in [2.45, 2.75) is 19.6 Å². The van der Waals surface area contributed by atoms with Crippen LogP contribution in [0, 0.1) is 0 Å². The van der Waals surface area contributed by atoms with Crippen molar-refractivity contribution in [2.75, 3.05) is 20.1 Å². The van der Waals surface area contributed by atoms with Crippen LogP contribution < -0.4 is 5.32 Å². The molecule has 0 radical (unpaired) electrons. The number of aliphatic hydroxyl groups is 1. The maximum absolute atomic E-state index is 10.1. The standard InChI is InChI=1S/C16H23BrN4O2/c1-4-18-16(19-9-14(22)15-6-5-7-23-15)21(3)11-13-8-12(17)10-20(13)2/h5-8,10,14,22H,4,9,11H2,1-3H3,(H,18,19). The Balaban J connectivity index is 2.04. The molecule has 0 aromatic carbocycles. The number of hydrogen-bond acceptors (Lipinski definition) is 3. The van der Waals surface area contributed by atoms with Gasteiger partial charge in [-0.15, -0.1) is 0 Å². The predicted molar refractivity (Wildman–Crippen MR) is 94.2 cm³/mol. The van der Waals surface area contributed by atoms with Crippen molar-refractivity contribution in [3.8, 4) is 0 Å². The van der Waals surface area contributed by atoms with Gasteiger partial charge in [-0.2, -0.15) is 0 Å². The normalized spacial score (nSPS) is 13.2. The lowest BCUT2D eigenvalue weighted by molar-refractivity contribution is 0.158. The van der Waals surface area contributed by atoms with Crippen molar-refractivity contribution in [2.24, 2.45) is 12.0 Å². The molecule has 0 aliphatic rings. The minimum atomic E-state index is -0.740. The summed E-state index contributed by atoms with van der Waals surface area (Å²) in [6.07, 6.45) is 2.83. The van der Waals surface area contributed by atoms with Crippen LogP contribution in [0.5, 0.6) is 0 Å². The Morgan fingerprint density at radius 3 is 2.91 bits per heavy atom. The SMILES string of the molecule is CCNC(=NCC(O)c1ccco1)N(C)Cc1cc(Br)cn1C. The van der Waals surface area contributed by atoms with Crippen LogP contribution in [0.1, 0.15) is 24.5 Å². The second kappa shape index (κ2) is 8.21. The first-order chi connectivity index (χ1) is 11.0. The number of nitrogens with zero attached hydrogens (tertiary/aromatic N) is 3. The van der Waals surface area contributed by atoms with Crippen molar-refractivity contribution >= 4 is 21.9 Å². The summed E-state index contributed by atoms with van der Waals surface area (Å²) in [4.78, 5) is 6.53. The molecule has 126 valence electrons. The Hall–Kier alpha value is -1.73. The molecule has 0 aliphatic heterocycles. The summed E-state index contributed by atoms with van der Waals surface area (Å²) in [7, 11) is 3.99. The van der Waals surface area contributed by atoms with Crippen LogP contribution in [-0.2, 0) is 13.6 Å². The van der Waals surface area contributed by atoms with Gasteiger partial charge in [-0.05, 0) is 41.1 Å². The summed E-state index contributed by atoms with van der Waals surface area (Å²) >= 11 is 3.48. The van der Waals surface area contributed by atoms with Gasteiger partial charge in [0, 0.05) is 37.0 Å². The third-order valence-electron chi connectivity index (χ3n) is 3.46. The molecule has 0 amide bonds. The van der Waals surface area contributed by atoms with Gasteiger partial charge in [0.2, 0.25) is 0 Å². The third-order valence-corrected chi connectivity index (χ3v) is 3.89. The minimum absolute atomic E-state index is 0.247. The van der Waals surface area contributed by atoms with E-state index in [-0.39, 0.29) is 6.54 Å². The van der Waals surface area contributed by atoms with E-state index in [0.29, 0.717) is 12.3 Å². The average Bonchev–Trinajstić information content (AvgIpc) is 3.13. The van der Waals surface area contributed by atoms with Gasteiger partial charge < -0.3 is 24.3 Å². The molecule has 2 heterocycles. The lowest BCUT2D eigenvalue weighted by Crippen LogP contribution is -2.39. The largest absolute Gasteiger partial charge is 0.467 e. The number of furan rings is 1. The molecule has 0 spiro atoms. The molecule has 2 aromatic heterocycles. The number of aromatic nitrogens is 1. The molecule has 2 aromatic rings. The highest BCUT2D eigenvalue weighted by molar-refractivity contribution is 9.10. The van der Waals surface area contributed by atoms with E-state index in [1.54, 1.807) is 18.4 Å². The number of guanidine groups is 1. The number of rotatable bonds is 6. The quantitative estimate of drug-likeness (QED) is 0.594. The number of aliphatic imine (C=N–C) groups is 1. The van der Waals surface area contributed by atoms with E-state index in [1.165, 1.54) is 0 Å². The van der Waals surface area contributed by atoms with E-state index in [1.807, 2.05) is 32.1 Å². The summed E-state index contributed by atoms with van der Waals surface area (Å²) in [5.41, 5.74) is 1.16. The van der Waals surface area contributed by atoms with E-state index >= 15 is 0 Å². The fourth-order valence-corrected chi connectivity index (χ4v) is 2.83. The molecule has 0 saturated heterocycles. The molecule has 2 N–H and O–H groups in total. The maximum Gasteiger partial charge on any atom is 0.194 e. The lowest BCUT2D eigenvalue weighted by Gasteiger charge is -2.22. The number of aliphatic hydroxyl groups excluding tert-OH is 1. The Bertz CT molecular complexity index is 637. The van der Waals surface area contributed by atoms with Crippen LogP contribution in [0.25, 0.3) is 0 Å². The fraction of sp³-hybridized carbons (Fsp3) is 0.438. The highest BCUT2D eigenvalue weighted by Gasteiger charge is 2.13. The van der Waals surface area contributed by atoms with Crippen molar-refractivity contribution in [1.82, 2.24) is 14.8 Å². The zero-order valence-electron chi connectivity index (χ0n) is 13.7. The molecule has 1 atom stereocenters. The first kappa shape index (κ1) is 17.6. The number of aryl methyl sites for hydroxylation is 1. The van der Waals surface area contributed by atoms with Crippen molar-refractivity contribution in [3.63, 3.8) is 0 Å². The monoisotopic (exact) mass is 382 g/mol. The zero-order valence-corrected chi connectivity index (χ0v) is 15.2. The lowest BCUT2D eigenvalue weighted by atomic mass is 10.3. The summed E-state index contributed by atoms with van der Waals surface area (Å²) in [6, 6.07) is 5.59. The van der Waals surface area contributed by atoms with Crippen LogP contribution in [0.15, 0.2) is 44.5 Å². The molecule has 23 heavy (non-hydrogen) atoms. The highest BCUT2D eigenvalue weighted by atomic mass is 79.9. The topological polar surface area (TPSA) is 65.9 Å². The second-order valence-electron chi connectivity index (χ2n) is 5.34. The van der Waals surface area contributed by atoms with Gasteiger partial charge in [0.15, 0.2) is 5.96 Å². The Labute approximate surface area is 144 Å². The fourth-order valence-electron chi connectivity index (χ4n) is 2.25. The Kier molecular flexibility index (Phi) is 6.29. The van der Waals surface area contributed by atoms with Gasteiger partial charge in [-0.25, -0.2) is 4.99 Å². The van der Waals surface area contributed by atoms with Crippen molar-refractivity contribution in [3.05, 3.63) is 46.6 Å². The Morgan fingerprint density at radius 1 is 1.57 bits per heavy atom. The molecule has 2 rings (SSSR count). The van der Waals surface area contributed by atoms with Crippen LogP contribution in [-0.4, -0.2) is 40.7 Å². The van der Waals surface area contributed by atoms with E-state index in [0.717, 1.165) is 22.7 Å². The number of hydrogen-bond donors (Lipinski definition) is 2. The number of halogens is 1. The van der Waals surface area contributed by atoms with E-state index in [9.17, 15) is 5.11 Å². The van der Waals surface area contributed by atoms with Gasteiger partial charge in [0.25, 0.3) is 0 Å². The summed E-state index contributed by atoms with van der Waals surface area (Å²) in [5, 5.41) is 13.3.